The quantitative estimate of drug-likeness (QED) is 0.638. The highest BCUT2D eigenvalue weighted by Gasteiger charge is 2.20. The highest BCUT2D eigenvalue weighted by atomic mass is 32.2. The molecule has 0 saturated heterocycles. The lowest BCUT2D eigenvalue weighted by Gasteiger charge is -2.11. The first-order valence-electron chi connectivity index (χ1n) is 8.25. The van der Waals surface area contributed by atoms with Crippen molar-refractivity contribution in [3.05, 3.63) is 60.5 Å². The lowest BCUT2D eigenvalue weighted by molar-refractivity contribution is 0.392. The number of benzene rings is 2. The maximum atomic E-state index is 12.6. The van der Waals surface area contributed by atoms with Crippen molar-refractivity contribution in [2.24, 2.45) is 0 Å². The van der Waals surface area contributed by atoms with E-state index >= 15 is 0 Å². The second-order valence-electron chi connectivity index (χ2n) is 5.67. The van der Waals surface area contributed by atoms with E-state index in [0.717, 1.165) is 5.56 Å². The molecule has 0 fully saturated rings. The van der Waals surface area contributed by atoms with E-state index in [1.165, 1.54) is 26.5 Å². The molecule has 0 aliphatic carbocycles. The van der Waals surface area contributed by atoms with Crippen LogP contribution in [0.1, 0.15) is 5.69 Å². The number of oxazole rings is 1. The monoisotopic (exact) mass is 388 g/mol. The Labute approximate surface area is 158 Å². The van der Waals surface area contributed by atoms with Crippen molar-refractivity contribution in [3.63, 3.8) is 0 Å². The summed E-state index contributed by atoms with van der Waals surface area (Å²) in [7, 11) is -0.874. The Bertz CT molecular complexity index is 1000. The molecule has 2 aromatic carbocycles. The Kier molecular flexibility index (Phi) is 5.78. The molecule has 0 aliphatic rings. The summed E-state index contributed by atoms with van der Waals surface area (Å²) in [5.74, 6) is 1.18. The molecule has 1 aromatic heterocycles. The fourth-order valence-electron chi connectivity index (χ4n) is 2.52. The van der Waals surface area contributed by atoms with Crippen LogP contribution in [0, 0.1) is 0 Å². The van der Waals surface area contributed by atoms with Gasteiger partial charge in [-0.05, 0) is 24.3 Å². The first kappa shape index (κ1) is 18.9. The van der Waals surface area contributed by atoms with Crippen LogP contribution in [0.15, 0.2) is 64.1 Å². The van der Waals surface area contributed by atoms with Gasteiger partial charge in [0.05, 0.1) is 19.9 Å². The van der Waals surface area contributed by atoms with Crippen LogP contribution in [0.4, 0.5) is 0 Å². The summed E-state index contributed by atoms with van der Waals surface area (Å²) < 4.78 is 43.5. The Morgan fingerprint density at radius 1 is 1.07 bits per heavy atom. The molecule has 0 saturated carbocycles. The van der Waals surface area contributed by atoms with Gasteiger partial charge in [-0.2, -0.15) is 0 Å². The van der Waals surface area contributed by atoms with Gasteiger partial charge >= 0.3 is 0 Å². The third-order valence-corrected chi connectivity index (χ3v) is 5.39. The van der Waals surface area contributed by atoms with Crippen LogP contribution in [-0.2, 0) is 16.4 Å². The lowest BCUT2D eigenvalue weighted by Crippen LogP contribution is -2.26. The zero-order chi connectivity index (χ0) is 19.3. The molecule has 27 heavy (non-hydrogen) atoms. The van der Waals surface area contributed by atoms with Crippen molar-refractivity contribution in [2.75, 3.05) is 20.8 Å². The summed E-state index contributed by atoms with van der Waals surface area (Å²) in [6.45, 7) is 0.170. The normalized spacial score (nSPS) is 11.3. The number of hydrogen-bond donors (Lipinski definition) is 1. The molecule has 0 amide bonds. The zero-order valence-electron chi connectivity index (χ0n) is 15.0. The van der Waals surface area contributed by atoms with Gasteiger partial charge in [0.1, 0.15) is 22.7 Å². The minimum Gasteiger partial charge on any atom is -0.497 e. The van der Waals surface area contributed by atoms with Gasteiger partial charge in [0.15, 0.2) is 0 Å². The predicted molar refractivity (Wildman–Crippen MR) is 100 cm³/mol. The second kappa shape index (κ2) is 8.24. The minimum atomic E-state index is -3.76. The molecule has 3 rings (SSSR count). The highest BCUT2D eigenvalue weighted by Crippen LogP contribution is 2.28. The van der Waals surface area contributed by atoms with Gasteiger partial charge in [-0.15, -0.1) is 0 Å². The minimum absolute atomic E-state index is 0.0227. The van der Waals surface area contributed by atoms with Crippen LogP contribution < -0.4 is 14.2 Å². The molecule has 0 atom stereocenters. The molecule has 142 valence electrons. The topological polar surface area (TPSA) is 90.7 Å². The number of aromatic nitrogens is 1. The summed E-state index contributed by atoms with van der Waals surface area (Å²) in [4.78, 5) is 4.41. The maximum absolute atomic E-state index is 12.6. The van der Waals surface area contributed by atoms with Crippen LogP contribution in [-0.4, -0.2) is 34.2 Å². The summed E-state index contributed by atoms with van der Waals surface area (Å²) in [6, 6.07) is 14.1. The number of ether oxygens (including phenoxy) is 2. The van der Waals surface area contributed by atoms with E-state index in [1.807, 2.05) is 30.3 Å². The third kappa shape index (κ3) is 4.47. The van der Waals surface area contributed by atoms with Gasteiger partial charge in [-0.3, -0.25) is 0 Å². The van der Waals surface area contributed by atoms with E-state index in [0.29, 0.717) is 23.8 Å². The fraction of sp³-hybridized carbons (Fsp3) is 0.211. The molecule has 0 unspecified atom stereocenters. The molecule has 1 heterocycles. The fourth-order valence-corrected chi connectivity index (χ4v) is 3.73. The molecule has 3 aromatic rings. The molecule has 0 bridgehead atoms. The number of nitrogens with zero attached hydrogens (tertiary/aromatic N) is 1. The Morgan fingerprint density at radius 2 is 1.85 bits per heavy atom. The smallest absolute Gasteiger partial charge is 0.244 e. The summed E-state index contributed by atoms with van der Waals surface area (Å²) in [5, 5.41) is 0. The van der Waals surface area contributed by atoms with Crippen LogP contribution >= 0.6 is 0 Å². The number of rotatable bonds is 8. The molecule has 8 heteroatoms. The summed E-state index contributed by atoms with van der Waals surface area (Å²) >= 11 is 0. The second-order valence-corrected chi connectivity index (χ2v) is 7.41. The van der Waals surface area contributed by atoms with Gasteiger partial charge in [-0.25, -0.2) is 18.1 Å². The first-order chi connectivity index (χ1) is 13.0. The zero-order valence-corrected chi connectivity index (χ0v) is 15.8. The summed E-state index contributed by atoms with van der Waals surface area (Å²) in [6.07, 6.45) is 1.92. The van der Waals surface area contributed by atoms with E-state index in [-0.39, 0.29) is 17.2 Å². The number of methoxy groups -OCH3 is 2. The Balaban J connectivity index is 1.67. The predicted octanol–water partition coefficient (Wildman–Crippen LogP) is 2.88. The van der Waals surface area contributed by atoms with Gasteiger partial charge in [0.2, 0.25) is 15.9 Å². The van der Waals surface area contributed by atoms with Crippen molar-refractivity contribution in [2.45, 2.75) is 11.3 Å². The molecule has 0 radical (unpaired) electrons. The Hall–Kier alpha value is -2.84. The largest absolute Gasteiger partial charge is 0.497 e. The van der Waals surface area contributed by atoms with Crippen LogP contribution in [0.5, 0.6) is 11.5 Å². The molecule has 0 spiro atoms. The van der Waals surface area contributed by atoms with Crippen molar-refractivity contribution in [1.29, 1.82) is 0 Å². The average molecular weight is 388 g/mol. The van der Waals surface area contributed by atoms with E-state index < -0.39 is 10.0 Å². The maximum Gasteiger partial charge on any atom is 0.244 e. The van der Waals surface area contributed by atoms with E-state index in [4.69, 9.17) is 13.9 Å². The van der Waals surface area contributed by atoms with Crippen molar-refractivity contribution in [1.82, 2.24) is 9.71 Å². The number of sulfonamides is 1. The molecular weight excluding hydrogens is 368 g/mol. The van der Waals surface area contributed by atoms with Crippen molar-refractivity contribution < 1.29 is 22.3 Å². The number of hydrogen-bond acceptors (Lipinski definition) is 6. The van der Waals surface area contributed by atoms with Gasteiger partial charge in [0.25, 0.3) is 0 Å². The first-order valence-corrected chi connectivity index (χ1v) is 9.73. The van der Waals surface area contributed by atoms with Gasteiger partial charge in [-0.1, -0.05) is 18.2 Å². The van der Waals surface area contributed by atoms with E-state index in [1.54, 1.807) is 12.1 Å². The average Bonchev–Trinajstić information content (AvgIpc) is 3.17. The SMILES string of the molecule is COc1ccc(OC)c(S(=O)(=O)NCCc2coc(-c3ccccc3)n2)c1. The molecule has 7 nitrogen and oxygen atoms in total. The number of nitrogens with one attached hydrogen (secondary N) is 1. The molecule has 0 aliphatic heterocycles. The summed E-state index contributed by atoms with van der Waals surface area (Å²) in [5.41, 5.74) is 1.53. The Morgan fingerprint density at radius 3 is 2.56 bits per heavy atom. The highest BCUT2D eigenvalue weighted by molar-refractivity contribution is 7.89. The molecular formula is C19H20N2O5S. The van der Waals surface area contributed by atoms with Crippen LogP contribution in [0.25, 0.3) is 11.5 Å². The standard InChI is InChI=1S/C19H20N2O5S/c1-24-16-8-9-17(25-2)18(12-16)27(22,23)20-11-10-15-13-26-19(21-15)14-6-4-3-5-7-14/h3-9,12-13,20H,10-11H2,1-2H3. The van der Waals surface area contributed by atoms with Gasteiger partial charge in [0, 0.05) is 24.6 Å². The lowest BCUT2D eigenvalue weighted by atomic mass is 10.2. The molecule has 1 N–H and O–H groups in total. The third-order valence-electron chi connectivity index (χ3n) is 3.91. The van der Waals surface area contributed by atoms with Crippen LogP contribution in [0.3, 0.4) is 0 Å². The van der Waals surface area contributed by atoms with Crippen molar-refractivity contribution >= 4 is 10.0 Å². The van der Waals surface area contributed by atoms with Crippen LogP contribution in [0.2, 0.25) is 0 Å². The van der Waals surface area contributed by atoms with Crippen molar-refractivity contribution in [3.8, 4) is 23.0 Å². The van der Waals surface area contributed by atoms with Gasteiger partial charge < -0.3 is 13.9 Å². The van der Waals surface area contributed by atoms with E-state index in [9.17, 15) is 8.42 Å². The van der Waals surface area contributed by atoms with E-state index in [2.05, 4.69) is 9.71 Å².